The number of nitrogens with zero attached hydrogens (tertiary/aromatic N) is 2. The molecule has 106 valence electrons. The zero-order valence-electron chi connectivity index (χ0n) is 11.5. The first-order valence-electron chi connectivity index (χ1n) is 6.49. The lowest BCUT2D eigenvalue weighted by atomic mass is 10.1. The highest BCUT2D eigenvalue weighted by atomic mass is 16.2. The number of fused-ring (bicyclic) bond motifs is 1. The van der Waals surface area contributed by atoms with Gasteiger partial charge in [-0.1, -0.05) is 18.2 Å². The van der Waals surface area contributed by atoms with Gasteiger partial charge in [-0.2, -0.15) is 0 Å². The largest absolute Gasteiger partial charge is 0.383 e. The van der Waals surface area contributed by atoms with Crippen LogP contribution in [0.25, 0.3) is 10.9 Å². The Balaban J connectivity index is 2.10. The van der Waals surface area contributed by atoms with Gasteiger partial charge >= 0.3 is 5.69 Å². The highest BCUT2D eigenvalue weighted by Gasteiger charge is 2.07. The number of hydrogen-bond acceptors (Lipinski definition) is 4. The highest BCUT2D eigenvalue weighted by molar-refractivity contribution is 5.81. The number of pyridine rings is 1. The van der Waals surface area contributed by atoms with Gasteiger partial charge in [0.05, 0.1) is 12.1 Å². The smallest absolute Gasteiger partial charge is 0.328 e. The summed E-state index contributed by atoms with van der Waals surface area (Å²) < 4.78 is 1.42. The van der Waals surface area contributed by atoms with Gasteiger partial charge in [0.1, 0.15) is 5.82 Å². The van der Waals surface area contributed by atoms with E-state index in [4.69, 9.17) is 5.73 Å². The maximum absolute atomic E-state index is 11.8. The number of nitrogens with two attached hydrogens (primary N) is 1. The molecule has 1 aromatic carbocycles. The van der Waals surface area contributed by atoms with Crippen molar-refractivity contribution in [2.45, 2.75) is 13.5 Å². The number of rotatable bonds is 2. The number of nitrogen functional groups attached to an aromatic ring is 1. The van der Waals surface area contributed by atoms with E-state index in [0.29, 0.717) is 11.4 Å². The minimum absolute atomic E-state index is 0.264. The Morgan fingerprint density at radius 1 is 1.29 bits per heavy atom. The average Bonchev–Trinajstić information content (AvgIpc) is 2.45. The normalized spacial score (nSPS) is 10.9. The van der Waals surface area contributed by atoms with Gasteiger partial charge in [0, 0.05) is 22.7 Å². The Morgan fingerprint density at radius 3 is 2.86 bits per heavy atom. The second-order valence-electron chi connectivity index (χ2n) is 4.92. The van der Waals surface area contributed by atoms with Crippen molar-refractivity contribution in [1.29, 1.82) is 0 Å². The number of aryl methyl sites for hydroxylation is 1. The zero-order valence-corrected chi connectivity index (χ0v) is 11.5. The monoisotopic (exact) mass is 282 g/mol. The van der Waals surface area contributed by atoms with Crippen LogP contribution in [0, 0.1) is 6.92 Å². The summed E-state index contributed by atoms with van der Waals surface area (Å²) in [6.07, 6.45) is 1.52. The molecule has 0 radical (unpaired) electrons. The number of anilines is 1. The lowest BCUT2D eigenvalue weighted by Gasteiger charge is -2.09. The van der Waals surface area contributed by atoms with E-state index in [-0.39, 0.29) is 12.1 Å². The van der Waals surface area contributed by atoms with E-state index in [1.165, 1.54) is 10.8 Å². The Morgan fingerprint density at radius 2 is 2.05 bits per heavy atom. The first-order chi connectivity index (χ1) is 10.0. The van der Waals surface area contributed by atoms with Crippen LogP contribution < -0.4 is 17.0 Å². The number of aromatic nitrogens is 3. The third-order valence-corrected chi connectivity index (χ3v) is 3.37. The molecule has 0 unspecified atom stereocenters. The molecule has 0 aliphatic rings. The third-order valence-electron chi connectivity index (χ3n) is 3.37. The molecule has 6 nitrogen and oxygen atoms in total. The molecule has 3 N–H and O–H groups in total. The van der Waals surface area contributed by atoms with Crippen LogP contribution in [0.1, 0.15) is 11.1 Å². The molecule has 0 bridgehead atoms. The predicted octanol–water partition coefficient (Wildman–Crippen LogP) is 1.02. The van der Waals surface area contributed by atoms with Gasteiger partial charge in [0.15, 0.2) is 0 Å². The molecule has 0 spiro atoms. The number of hydrogen-bond donors (Lipinski definition) is 2. The minimum atomic E-state index is -0.460. The summed E-state index contributed by atoms with van der Waals surface area (Å²) in [6.45, 7) is 1.91. The maximum atomic E-state index is 11.8. The van der Waals surface area contributed by atoms with Gasteiger partial charge in [0.25, 0.3) is 5.56 Å². The minimum Gasteiger partial charge on any atom is -0.383 e. The standard InChI is InChI=1S/C15H14N4O2/c1-9-7-19(15(21)18-14(9)20)8-11-6-10-4-2-3-5-12(10)17-13(11)16/h2-7H,8H2,1H3,(H2,16,17)(H,18,20,21). The van der Waals surface area contributed by atoms with Crippen LogP contribution in [0.4, 0.5) is 5.82 Å². The third kappa shape index (κ3) is 2.43. The maximum Gasteiger partial charge on any atom is 0.328 e. The van der Waals surface area contributed by atoms with Gasteiger partial charge in [-0.15, -0.1) is 0 Å². The van der Waals surface area contributed by atoms with Crippen LogP contribution in [-0.4, -0.2) is 14.5 Å². The molecule has 21 heavy (non-hydrogen) atoms. The quantitative estimate of drug-likeness (QED) is 0.734. The number of para-hydroxylation sites is 1. The topological polar surface area (TPSA) is 93.8 Å². The van der Waals surface area contributed by atoms with E-state index in [1.807, 2.05) is 30.3 Å². The van der Waals surface area contributed by atoms with Gasteiger partial charge in [-0.25, -0.2) is 9.78 Å². The van der Waals surface area contributed by atoms with Crippen LogP contribution >= 0.6 is 0 Å². The summed E-state index contributed by atoms with van der Waals surface area (Å²) in [4.78, 5) is 29.8. The number of benzene rings is 1. The Bertz CT molecular complexity index is 940. The highest BCUT2D eigenvalue weighted by Crippen LogP contribution is 2.18. The van der Waals surface area contributed by atoms with Gasteiger partial charge in [-0.05, 0) is 19.1 Å². The fraction of sp³-hybridized carbons (Fsp3) is 0.133. The fourth-order valence-corrected chi connectivity index (χ4v) is 2.22. The molecule has 0 atom stereocenters. The Kier molecular flexibility index (Phi) is 3.06. The van der Waals surface area contributed by atoms with Crippen molar-refractivity contribution < 1.29 is 0 Å². The van der Waals surface area contributed by atoms with Gasteiger partial charge in [-0.3, -0.25) is 14.3 Å². The van der Waals surface area contributed by atoms with Crippen molar-refractivity contribution in [3.63, 3.8) is 0 Å². The molecule has 3 rings (SSSR count). The lowest BCUT2D eigenvalue weighted by Crippen LogP contribution is -2.31. The summed E-state index contributed by atoms with van der Waals surface area (Å²) in [6, 6.07) is 9.53. The molecule has 2 heterocycles. The molecule has 0 aliphatic heterocycles. The van der Waals surface area contributed by atoms with E-state index >= 15 is 0 Å². The Hall–Kier alpha value is -2.89. The molecule has 3 aromatic rings. The van der Waals surface area contributed by atoms with E-state index < -0.39 is 5.69 Å². The summed E-state index contributed by atoms with van der Waals surface area (Å²) in [7, 11) is 0. The van der Waals surface area contributed by atoms with Crippen LogP contribution in [0.3, 0.4) is 0 Å². The second-order valence-corrected chi connectivity index (χ2v) is 4.92. The molecule has 0 saturated carbocycles. The van der Waals surface area contributed by atoms with E-state index in [2.05, 4.69) is 9.97 Å². The van der Waals surface area contributed by atoms with Crippen LogP contribution in [-0.2, 0) is 6.54 Å². The second kappa shape index (κ2) is 4.90. The van der Waals surface area contributed by atoms with Crippen molar-refractivity contribution in [2.75, 3.05) is 5.73 Å². The summed E-state index contributed by atoms with van der Waals surface area (Å²) in [5.41, 5.74) is 7.14. The van der Waals surface area contributed by atoms with E-state index in [1.54, 1.807) is 6.92 Å². The number of nitrogens with one attached hydrogen (secondary N) is 1. The van der Waals surface area contributed by atoms with Crippen molar-refractivity contribution in [2.24, 2.45) is 0 Å². The first-order valence-corrected chi connectivity index (χ1v) is 6.49. The Labute approximate surface area is 119 Å². The molecular weight excluding hydrogens is 268 g/mol. The van der Waals surface area contributed by atoms with Crippen molar-refractivity contribution in [1.82, 2.24) is 14.5 Å². The fourth-order valence-electron chi connectivity index (χ4n) is 2.22. The van der Waals surface area contributed by atoms with Crippen molar-refractivity contribution in [3.05, 3.63) is 68.5 Å². The van der Waals surface area contributed by atoms with Crippen molar-refractivity contribution >= 4 is 16.7 Å². The molecule has 0 aliphatic carbocycles. The SMILES string of the molecule is Cc1cn(Cc2cc3ccccc3nc2N)c(=O)[nH]c1=O. The van der Waals surface area contributed by atoms with E-state index in [0.717, 1.165) is 16.5 Å². The molecule has 6 heteroatoms. The number of aromatic amines is 1. The first kappa shape index (κ1) is 13.1. The summed E-state index contributed by atoms with van der Waals surface area (Å²) >= 11 is 0. The molecule has 0 fully saturated rings. The van der Waals surface area contributed by atoms with Gasteiger partial charge < -0.3 is 5.73 Å². The predicted molar refractivity (Wildman–Crippen MR) is 81.3 cm³/mol. The molecule has 2 aromatic heterocycles. The molecule has 0 saturated heterocycles. The number of H-pyrrole nitrogens is 1. The summed E-state index contributed by atoms with van der Waals surface area (Å²) in [5, 5.41) is 0.955. The zero-order chi connectivity index (χ0) is 15.0. The van der Waals surface area contributed by atoms with E-state index in [9.17, 15) is 9.59 Å². The van der Waals surface area contributed by atoms with Crippen LogP contribution in [0.2, 0.25) is 0 Å². The van der Waals surface area contributed by atoms with Gasteiger partial charge in [0.2, 0.25) is 0 Å². The van der Waals surface area contributed by atoms with Crippen molar-refractivity contribution in [3.8, 4) is 0 Å². The van der Waals surface area contributed by atoms with Crippen LogP contribution in [0.15, 0.2) is 46.1 Å². The lowest BCUT2D eigenvalue weighted by molar-refractivity contribution is 0.714. The van der Waals surface area contributed by atoms with Crippen LogP contribution in [0.5, 0.6) is 0 Å². The molecule has 0 amide bonds. The average molecular weight is 282 g/mol. The summed E-state index contributed by atoms with van der Waals surface area (Å²) in [5.74, 6) is 0.379. The molecular formula is C15H14N4O2.